The van der Waals surface area contributed by atoms with Gasteiger partial charge in [-0.15, -0.1) is 33.8 Å². The maximum absolute atomic E-state index is 12.9. The van der Waals surface area contributed by atoms with Crippen LogP contribution in [-0.2, 0) is 32.3 Å². The molecule has 0 radical (unpaired) electrons. The quantitative estimate of drug-likeness (QED) is 0.121. The van der Waals surface area contributed by atoms with E-state index >= 15 is 0 Å². The minimum atomic E-state index is -0.194. The Morgan fingerprint density at radius 1 is 0.527 bits per heavy atom. The third-order valence-electron chi connectivity index (χ3n) is 7.69. The SMILES string of the molecule is CN(C)CCN(C)C.Cc1cc[c-]cc1Cc1ccc(-c2ccc(F)cc2)s1.Cc1cc[c-]cc1Cc1ccc(-c2ccc(F)cc2)s1.[Br-].[Br-].[Cl-].[Cl-].[Mg+2].[Mg+2].[Zn+2]. The molecule has 0 fully saturated rings. The van der Waals surface area contributed by atoms with E-state index in [4.69, 9.17) is 0 Å². The van der Waals surface area contributed by atoms with Crippen LogP contribution >= 0.6 is 22.7 Å². The van der Waals surface area contributed by atoms with E-state index < -0.39 is 0 Å². The van der Waals surface area contributed by atoms with Crippen LogP contribution in [-0.4, -0.2) is 97.2 Å². The van der Waals surface area contributed by atoms with Gasteiger partial charge in [0.25, 0.3) is 0 Å². The van der Waals surface area contributed by atoms with Gasteiger partial charge in [-0.3, -0.25) is 0 Å². The van der Waals surface area contributed by atoms with Crippen molar-refractivity contribution >= 4 is 68.8 Å². The van der Waals surface area contributed by atoms with Crippen molar-refractivity contribution < 1.29 is 87.0 Å². The first-order valence-corrected chi connectivity index (χ1v) is 17.6. The van der Waals surface area contributed by atoms with Crippen LogP contribution in [0.3, 0.4) is 0 Å². The van der Waals surface area contributed by atoms with Crippen LogP contribution in [0.1, 0.15) is 32.0 Å². The molecular weight excluding hydrogens is 979 g/mol. The summed E-state index contributed by atoms with van der Waals surface area (Å²) in [5.41, 5.74) is 7.33. The van der Waals surface area contributed by atoms with Gasteiger partial charge in [0.15, 0.2) is 0 Å². The molecule has 282 valence electrons. The summed E-state index contributed by atoms with van der Waals surface area (Å²) < 4.78 is 25.9. The molecule has 0 bridgehead atoms. The summed E-state index contributed by atoms with van der Waals surface area (Å²) in [6.45, 7) is 6.54. The largest absolute Gasteiger partial charge is 2.00 e. The van der Waals surface area contributed by atoms with Crippen molar-refractivity contribution in [2.24, 2.45) is 0 Å². The first-order chi connectivity index (χ1) is 23.1. The van der Waals surface area contributed by atoms with E-state index in [1.54, 1.807) is 22.7 Å². The number of rotatable bonds is 9. The molecule has 2 nitrogen and oxygen atoms in total. The fourth-order valence-corrected chi connectivity index (χ4v) is 6.80. The predicted octanol–water partition coefficient (Wildman–Crippen LogP) is -2.13. The molecule has 0 spiro atoms. The predicted molar refractivity (Wildman–Crippen MR) is 214 cm³/mol. The number of thiophene rings is 2. The molecule has 0 atom stereocenters. The van der Waals surface area contributed by atoms with Crippen molar-refractivity contribution in [3.05, 3.63) is 165 Å². The first-order valence-electron chi connectivity index (χ1n) is 16.0. The van der Waals surface area contributed by atoms with Crippen molar-refractivity contribution in [2.75, 3.05) is 41.3 Å². The Bertz CT molecular complexity index is 1730. The van der Waals surface area contributed by atoms with Crippen LogP contribution < -0.4 is 58.8 Å². The van der Waals surface area contributed by atoms with Crippen molar-refractivity contribution in [2.45, 2.75) is 26.7 Å². The Kier molecular flexibility index (Phi) is 36.4. The molecule has 6 aromatic rings. The van der Waals surface area contributed by atoms with E-state index in [1.165, 1.54) is 66.0 Å². The van der Waals surface area contributed by atoms with Crippen LogP contribution in [0, 0.1) is 37.6 Å². The van der Waals surface area contributed by atoms with Gasteiger partial charge in [-0.2, -0.15) is 59.7 Å². The standard InChI is InChI=1S/2C18H14FS.C6H16N2.2BrH.2ClH.2Mg.Zn/c2*1-13-4-2-3-5-15(13)12-17-10-11-18(20-17)14-6-8-16(19)9-7-14;1-7(2)5-6-8(3)4;;;;;;;/h2*2,4-11H,12H2,1H3;5-6H2,1-4H3;4*1H;;;/q2*-1;;;;;;3*+2/p-4. The Hall–Kier alpha value is -0.244. The van der Waals surface area contributed by atoms with Gasteiger partial charge in [-0.25, -0.2) is 8.78 Å². The molecule has 0 amide bonds. The normalized spacial score (nSPS) is 9.42. The molecule has 0 aliphatic heterocycles. The molecule has 2 heterocycles. The average molecular weight is 1020 g/mol. The second-order valence-electron chi connectivity index (χ2n) is 12.2. The van der Waals surface area contributed by atoms with E-state index in [9.17, 15) is 8.78 Å². The Balaban J connectivity index is -0.000000359. The van der Waals surface area contributed by atoms with E-state index in [-0.39, 0.29) is 136 Å². The summed E-state index contributed by atoms with van der Waals surface area (Å²) in [6, 6.07) is 40.2. The molecule has 55 heavy (non-hydrogen) atoms. The molecule has 4 aromatic carbocycles. The molecule has 6 rings (SSSR count). The van der Waals surface area contributed by atoms with Gasteiger partial charge in [-0.1, -0.05) is 38.1 Å². The van der Waals surface area contributed by atoms with Crippen LogP contribution in [0.2, 0.25) is 0 Å². The van der Waals surface area contributed by atoms with E-state index in [2.05, 4.69) is 100 Å². The zero-order valence-electron chi connectivity index (χ0n) is 32.3. The third-order valence-corrected chi connectivity index (χ3v) is 9.96. The smallest absolute Gasteiger partial charge is 1.00 e. The number of halogens is 6. The second-order valence-corrected chi connectivity index (χ2v) is 14.5. The number of hydrogen-bond donors (Lipinski definition) is 0. The molecule has 13 heteroatoms. The monoisotopic (exact) mass is 1020 g/mol. The number of hydrogen-bond acceptors (Lipinski definition) is 4. The Labute approximate surface area is 414 Å². The van der Waals surface area contributed by atoms with Gasteiger partial charge in [-0.05, 0) is 110 Å². The van der Waals surface area contributed by atoms with Crippen LogP contribution in [0.25, 0.3) is 20.9 Å². The van der Waals surface area contributed by atoms with E-state index in [0.29, 0.717) is 0 Å². The molecule has 0 saturated carbocycles. The number of nitrogens with zero attached hydrogens (tertiary/aromatic N) is 2. The molecule has 0 N–H and O–H groups in total. The maximum atomic E-state index is 12.9. The Morgan fingerprint density at radius 3 is 1.15 bits per heavy atom. The summed E-state index contributed by atoms with van der Waals surface area (Å²) in [7, 11) is 8.35. The fourth-order valence-electron chi connectivity index (χ4n) is 4.73. The van der Waals surface area contributed by atoms with Gasteiger partial charge < -0.3 is 68.6 Å². The van der Waals surface area contributed by atoms with Crippen LogP contribution in [0.5, 0.6) is 0 Å². The molecule has 0 aliphatic carbocycles. The van der Waals surface area contributed by atoms with Crippen molar-refractivity contribution in [1.29, 1.82) is 0 Å². The number of likely N-dealkylation sites (N-methyl/N-ethyl adjacent to an activating group) is 2. The van der Waals surface area contributed by atoms with Crippen LogP contribution in [0.15, 0.2) is 109 Å². The topological polar surface area (TPSA) is 6.48 Å². The van der Waals surface area contributed by atoms with Gasteiger partial charge in [0.2, 0.25) is 0 Å². The molecule has 0 aliphatic rings. The Morgan fingerprint density at radius 2 is 0.855 bits per heavy atom. The third kappa shape index (κ3) is 22.1. The molecule has 0 unspecified atom stereocenters. The molecule has 0 saturated heterocycles. The van der Waals surface area contributed by atoms with E-state index in [0.717, 1.165) is 37.1 Å². The summed E-state index contributed by atoms with van der Waals surface area (Å²) in [5, 5.41) is 0. The van der Waals surface area contributed by atoms with Crippen molar-refractivity contribution in [1.82, 2.24) is 9.80 Å². The van der Waals surface area contributed by atoms with Crippen molar-refractivity contribution in [3.8, 4) is 20.9 Å². The van der Waals surface area contributed by atoms with E-state index in [1.807, 2.05) is 48.5 Å². The van der Waals surface area contributed by atoms with Gasteiger partial charge >= 0.3 is 65.6 Å². The van der Waals surface area contributed by atoms with Crippen LogP contribution in [0.4, 0.5) is 8.78 Å². The molecular formula is C42H44Br2Cl2F2Mg2N2S2Zn. The summed E-state index contributed by atoms with van der Waals surface area (Å²) in [6.07, 6.45) is 1.85. The number of aryl methyl sites for hydroxylation is 2. The van der Waals surface area contributed by atoms with Gasteiger partial charge in [0.05, 0.1) is 0 Å². The zero-order chi connectivity index (χ0) is 34.5. The number of benzene rings is 4. The minimum absolute atomic E-state index is 0. The summed E-state index contributed by atoms with van der Waals surface area (Å²) in [5.74, 6) is -0.387. The van der Waals surface area contributed by atoms with Crippen molar-refractivity contribution in [3.63, 3.8) is 0 Å². The maximum Gasteiger partial charge on any atom is 2.00 e. The second kappa shape index (κ2) is 32.6. The summed E-state index contributed by atoms with van der Waals surface area (Å²) >= 11 is 3.52. The van der Waals surface area contributed by atoms with Gasteiger partial charge in [0, 0.05) is 22.8 Å². The summed E-state index contributed by atoms with van der Waals surface area (Å²) in [4.78, 5) is 9.34. The minimum Gasteiger partial charge on any atom is -1.00 e. The first kappa shape index (κ1) is 61.4. The average Bonchev–Trinajstić information content (AvgIpc) is 3.74. The van der Waals surface area contributed by atoms with Gasteiger partial charge in [0.1, 0.15) is 11.6 Å². The fraction of sp³-hybridized carbons (Fsp3) is 0.238. The molecule has 2 aromatic heterocycles. The zero-order valence-corrected chi connectivity index (χ0v) is 44.4.